The zero-order valence-corrected chi connectivity index (χ0v) is 8.29. The van der Waals surface area contributed by atoms with Crippen molar-refractivity contribution >= 4 is 5.69 Å². The van der Waals surface area contributed by atoms with E-state index in [1.807, 2.05) is 25.1 Å². The average molecular weight is 190 g/mol. The van der Waals surface area contributed by atoms with Gasteiger partial charge < -0.3 is 10.5 Å². The van der Waals surface area contributed by atoms with Gasteiger partial charge in [0.25, 0.3) is 0 Å². The van der Waals surface area contributed by atoms with Gasteiger partial charge in [-0.1, -0.05) is 6.07 Å². The van der Waals surface area contributed by atoms with Crippen LogP contribution in [0.4, 0.5) is 5.69 Å². The van der Waals surface area contributed by atoms with Gasteiger partial charge in [-0.25, -0.2) is 0 Å². The van der Waals surface area contributed by atoms with E-state index < -0.39 is 0 Å². The average Bonchev–Trinajstić information content (AvgIpc) is 2.19. The molecule has 0 radical (unpaired) electrons. The molecule has 0 atom stereocenters. The van der Waals surface area contributed by atoms with Crippen molar-refractivity contribution in [1.29, 1.82) is 5.26 Å². The second-order valence-corrected chi connectivity index (χ2v) is 3.08. The molecule has 0 aliphatic heterocycles. The summed E-state index contributed by atoms with van der Waals surface area (Å²) in [6.45, 7) is 2.49. The van der Waals surface area contributed by atoms with Crippen LogP contribution in [-0.4, -0.2) is 6.61 Å². The maximum Gasteiger partial charge on any atom is 0.124 e. The first-order valence-corrected chi connectivity index (χ1v) is 4.60. The first-order valence-electron chi connectivity index (χ1n) is 4.60. The zero-order chi connectivity index (χ0) is 10.4. The summed E-state index contributed by atoms with van der Waals surface area (Å²) in [7, 11) is 0. The van der Waals surface area contributed by atoms with E-state index in [0.29, 0.717) is 13.0 Å². The van der Waals surface area contributed by atoms with Crippen molar-refractivity contribution in [3.63, 3.8) is 0 Å². The van der Waals surface area contributed by atoms with Crippen LogP contribution in [0.25, 0.3) is 0 Å². The summed E-state index contributed by atoms with van der Waals surface area (Å²) in [4.78, 5) is 0. The summed E-state index contributed by atoms with van der Waals surface area (Å²) >= 11 is 0. The van der Waals surface area contributed by atoms with Crippen LogP contribution in [-0.2, 0) is 0 Å². The van der Waals surface area contributed by atoms with Gasteiger partial charge in [0.05, 0.1) is 12.7 Å². The second-order valence-electron chi connectivity index (χ2n) is 3.08. The molecular weight excluding hydrogens is 176 g/mol. The Labute approximate surface area is 84.1 Å². The number of nitrogen functional groups attached to an aromatic ring is 1. The fourth-order valence-electron chi connectivity index (χ4n) is 1.12. The van der Waals surface area contributed by atoms with Gasteiger partial charge >= 0.3 is 0 Å². The molecule has 0 heterocycles. The zero-order valence-electron chi connectivity index (χ0n) is 8.29. The lowest BCUT2D eigenvalue weighted by atomic mass is 10.2. The number of nitrogens with zero attached hydrogens (tertiary/aromatic N) is 1. The quantitative estimate of drug-likeness (QED) is 0.585. The Bertz CT molecular complexity index is 342. The third-order valence-corrected chi connectivity index (χ3v) is 2.02. The normalized spacial score (nSPS) is 9.43. The molecule has 0 aliphatic rings. The highest BCUT2D eigenvalue weighted by atomic mass is 16.5. The number of benzene rings is 1. The second kappa shape index (κ2) is 5.13. The van der Waals surface area contributed by atoms with E-state index in [0.717, 1.165) is 23.4 Å². The van der Waals surface area contributed by atoms with E-state index in [1.54, 1.807) is 0 Å². The monoisotopic (exact) mass is 190 g/mol. The maximum absolute atomic E-state index is 8.34. The van der Waals surface area contributed by atoms with Crippen LogP contribution >= 0.6 is 0 Å². The SMILES string of the molecule is Cc1c(N)cccc1OCCCC#N. The fourth-order valence-corrected chi connectivity index (χ4v) is 1.12. The highest BCUT2D eigenvalue weighted by molar-refractivity contribution is 5.53. The molecule has 0 amide bonds. The summed E-state index contributed by atoms with van der Waals surface area (Å²) in [6, 6.07) is 7.67. The standard InChI is InChI=1S/C11H14N2O/c1-9-10(13)5-4-6-11(9)14-8-3-2-7-12/h4-6H,2-3,8,13H2,1H3. The van der Waals surface area contributed by atoms with Crippen molar-refractivity contribution in [2.24, 2.45) is 0 Å². The van der Waals surface area contributed by atoms with Crippen molar-refractivity contribution in [3.8, 4) is 11.8 Å². The lowest BCUT2D eigenvalue weighted by molar-refractivity contribution is 0.311. The molecule has 2 N–H and O–H groups in total. The molecule has 0 spiro atoms. The van der Waals surface area contributed by atoms with Gasteiger partial charge in [-0.05, 0) is 25.5 Å². The number of unbranched alkanes of at least 4 members (excludes halogenated alkanes) is 1. The third kappa shape index (κ3) is 2.67. The van der Waals surface area contributed by atoms with Crippen molar-refractivity contribution in [2.45, 2.75) is 19.8 Å². The Balaban J connectivity index is 2.51. The van der Waals surface area contributed by atoms with E-state index in [1.165, 1.54) is 0 Å². The van der Waals surface area contributed by atoms with Crippen LogP contribution in [0, 0.1) is 18.3 Å². The van der Waals surface area contributed by atoms with Crippen molar-refractivity contribution in [1.82, 2.24) is 0 Å². The Hall–Kier alpha value is -1.69. The highest BCUT2D eigenvalue weighted by Gasteiger charge is 2.01. The van der Waals surface area contributed by atoms with E-state index in [4.69, 9.17) is 15.7 Å². The minimum atomic E-state index is 0.529. The molecule has 3 nitrogen and oxygen atoms in total. The molecule has 0 saturated carbocycles. The highest BCUT2D eigenvalue weighted by Crippen LogP contribution is 2.22. The predicted molar refractivity (Wildman–Crippen MR) is 55.9 cm³/mol. The van der Waals surface area contributed by atoms with Gasteiger partial charge in [-0.2, -0.15) is 5.26 Å². The summed E-state index contributed by atoms with van der Waals surface area (Å²) < 4.78 is 5.49. The van der Waals surface area contributed by atoms with Crippen LogP contribution in [0.2, 0.25) is 0 Å². The molecule has 1 aromatic carbocycles. The van der Waals surface area contributed by atoms with Gasteiger partial charge in [0.15, 0.2) is 0 Å². The van der Waals surface area contributed by atoms with Crippen LogP contribution in [0.1, 0.15) is 18.4 Å². The minimum absolute atomic E-state index is 0.529. The van der Waals surface area contributed by atoms with E-state index in [2.05, 4.69) is 6.07 Å². The van der Waals surface area contributed by atoms with Gasteiger partial charge in [0, 0.05) is 17.7 Å². The topological polar surface area (TPSA) is 59.0 Å². The Morgan fingerprint density at radius 1 is 1.50 bits per heavy atom. The summed E-state index contributed by atoms with van der Waals surface area (Å²) in [5.41, 5.74) is 7.42. The first-order chi connectivity index (χ1) is 6.75. The van der Waals surface area contributed by atoms with Crippen molar-refractivity contribution in [2.75, 3.05) is 12.3 Å². The maximum atomic E-state index is 8.34. The molecule has 1 rings (SSSR count). The van der Waals surface area contributed by atoms with Crippen LogP contribution < -0.4 is 10.5 Å². The number of ether oxygens (including phenoxy) is 1. The molecule has 3 heteroatoms. The summed E-state index contributed by atoms with van der Waals surface area (Å²) in [5.74, 6) is 0.808. The molecule has 0 aliphatic carbocycles. The predicted octanol–water partition coefficient (Wildman–Crippen LogP) is 2.26. The molecule has 1 aromatic rings. The van der Waals surface area contributed by atoms with Crippen molar-refractivity contribution < 1.29 is 4.74 Å². The van der Waals surface area contributed by atoms with Gasteiger partial charge in [-0.15, -0.1) is 0 Å². The minimum Gasteiger partial charge on any atom is -0.493 e. The Morgan fingerprint density at radius 2 is 2.29 bits per heavy atom. The number of rotatable bonds is 4. The molecule has 74 valence electrons. The van der Waals surface area contributed by atoms with E-state index >= 15 is 0 Å². The fraction of sp³-hybridized carbons (Fsp3) is 0.364. The molecule has 0 aromatic heterocycles. The molecule has 0 saturated heterocycles. The lowest BCUT2D eigenvalue weighted by Gasteiger charge is -2.09. The first kappa shape index (κ1) is 10.4. The third-order valence-electron chi connectivity index (χ3n) is 2.02. The number of hydrogen-bond acceptors (Lipinski definition) is 3. The number of nitriles is 1. The van der Waals surface area contributed by atoms with Crippen LogP contribution in [0.3, 0.4) is 0 Å². The largest absolute Gasteiger partial charge is 0.493 e. The van der Waals surface area contributed by atoms with Crippen molar-refractivity contribution in [3.05, 3.63) is 23.8 Å². The number of hydrogen-bond donors (Lipinski definition) is 1. The lowest BCUT2D eigenvalue weighted by Crippen LogP contribution is -2.00. The molecule has 0 fully saturated rings. The molecular formula is C11H14N2O. The smallest absolute Gasteiger partial charge is 0.124 e. The summed E-state index contributed by atoms with van der Waals surface area (Å²) in [5, 5.41) is 8.34. The van der Waals surface area contributed by atoms with Gasteiger partial charge in [0.2, 0.25) is 0 Å². The molecule has 14 heavy (non-hydrogen) atoms. The number of anilines is 1. The Morgan fingerprint density at radius 3 is 3.00 bits per heavy atom. The van der Waals surface area contributed by atoms with Gasteiger partial charge in [0.1, 0.15) is 5.75 Å². The summed E-state index contributed by atoms with van der Waals surface area (Å²) in [6.07, 6.45) is 1.28. The number of nitrogens with two attached hydrogens (primary N) is 1. The van der Waals surface area contributed by atoms with Gasteiger partial charge in [-0.3, -0.25) is 0 Å². The molecule has 0 unspecified atom stereocenters. The van der Waals surface area contributed by atoms with E-state index in [9.17, 15) is 0 Å². The van der Waals surface area contributed by atoms with Crippen LogP contribution in [0.5, 0.6) is 5.75 Å². The Kier molecular flexibility index (Phi) is 3.81. The van der Waals surface area contributed by atoms with Crippen LogP contribution in [0.15, 0.2) is 18.2 Å². The molecule has 0 bridgehead atoms. The van der Waals surface area contributed by atoms with E-state index in [-0.39, 0.29) is 0 Å².